The molecule has 0 heterocycles. The van der Waals surface area contributed by atoms with E-state index in [1.807, 2.05) is 30.3 Å². The average molecular weight is 640 g/mol. The molecule has 2 amide bonds. The van der Waals surface area contributed by atoms with Crippen molar-refractivity contribution in [1.29, 1.82) is 0 Å². The van der Waals surface area contributed by atoms with Crippen LogP contribution in [-0.4, -0.2) is 67.4 Å². The Balaban J connectivity index is 0.000000537. The number of aliphatic hydroxyl groups excluding tert-OH is 1. The van der Waals surface area contributed by atoms with Crippen LogP contribution in [-0.2, 0) is 33.4 Å². The van der Waals surface area contributed by atoms with E-state index in [1.165, 1.54) is 43.2 Å². The van der Waals surface area contributed by atoms with Gasteiger partial charge in [0.05, 0.1) is 13.2 Å². The van der Waals surface area contributed by atoms with Crippen molar-refractivity contribution in [3.8, 4) is 5.75 Å². The summed E-state index contributed by atoms with van der Waals surface area (Å²) < 4.78 is 36.7. The fourth-order valence-electron chi connectivity index (χ4n) is 4.10. The van der Waals surface area contributed by atoms with Gasteiger partial charge in [0.25, 0.3) is 11.8 Å². The third-order valence-electron chi connectivity index (χ3n) is 6.56. The highest BCUT2D eigenvalue weighted by Gasteiger charge is 2.23. The largest absolute Gasteiger partial charge is 0.497 e. The SMILES string of the molecule is C=CCc1cc(C(=O)NC[C@@H](O)CC(OC)C(=O)Nc2ccc(F)cc2)cc(N(C)S(C)=O)c1.C=CCc1cccc(OC)c1. The summed E-state index contributed by atoms with van der Waals surface area (Å²) in [6.45, 7) is 7.27. The molecular formula is C34H42FN3O6S. The summed E-state index contributed by atoms with van der Waals surface area (Å²) in [5.41, 5.74) is 3.41. The van der Waals surface area contributed by atoms with Crippen molar-refractivity contribution in [2.75, 3.05) is 43.7 Å². The molecule has 9 nitrogen and oxygen atoms in total. The molecule has 0 fully saturated rings. The van der Waals surface area contributed by atoms with Crippen molar-refractivity contribution in [1.82, 2.24) is 5.32 Å². The average Bonchev–Trinajstić information content (AvgIpc) is 3.03. The molecular weight excluding hydrogens is 597 g/mol. The number of carbonyl (C=O) groups is 2. The maximum Gasteiger partial charge on any atom is 0.253 e. The van der Waals surface area contributed by atoms with Crippen LogP contribution in [0.2, 0.25) is 0 Å². The van der Waals surface area contributed by atoms with Gasteiger partial charge in [-0.2, -0.15) is 0 Å². The Morgan fingerprint density at radius 2 is 1.69 bits per heavy atom. The lowest BCUT2D eigenvalue weighted by Gasteiger charge is -2.20. The van der Waals surface area contributed by atoms with Crippen molar-refractivity contribution >= 4 is 34.2 Å². The van der Waals surface area contributed by atoms with E-state index in [1.54, 1.807) is 36.7 Å². The normalized spacial score (nSPS) is 12.4. The number of nitrogens with zero attached hydrogens (tertiary/aromatic N) is 1. The Kier molecular flexibility index (Phi) is 15.7. The Morgan fingerprint density at radius 1 is 1.02 bits per heavy atom. The number of amides is 2. The molecule has 0 bridgehead atoms. The van der Waals surface area contributed by atoms with Crippen molar-refractivity contribution in [3.05, 3.63) is 115 Å². The first-order valence-corrected chi connectivity index (χ1v) is 15.6. The van der Waals surface area contributed by atoms with E-state index in [2.05, 4.69) is 29.9 Å². The smallest absolute Gasteiger partial charge is 0.253 e. The molecule has 3 N–H and O–H groups in total. The first-order chi connectivity index (χ1) is 21.5. The Bertz CT molecular complexity index is 1450. The monoisotopic (exact) mass is 639 g/mol. The number of anilines is 2. The first kappa shape index (κ1) is 36.9. The third kappa shape index (κ3) is 12.7. The van der Waals surface area contributed by atoms with E-state index in [-0.39, 0.29) is 13.0 Å². The minimum absolute atomic E-state index is 0.0664. The second kappa shape index (κ2) is 19.1. The van der Waals surface area contributed by atoms with E-state index in [0.717, 1.165) is 17.7 Å². The van der Waals surface area contributed by atoms with Crippen molar-refractivity contribution in [3.63, 3.8) is 0 Å². The summed E-state index contributed by atoms with van der Waals surface area (Å²) in [5, 5.41) is 15.6. The molecule has 0 saturated carbocycles. The van der Waals surface area contributed by atoms with E-state index in [9.17, 15) is 23.3 Å². The van der Waals surface area contributed by atoms with Gasteiger partial charge in [0.2, 0.25) is 0 Å². The molecule has 242 valence electrons. The number of methoxy groups -OCH3 is 2. The zero-order chi connectivity index (χ0) is 33.4. The predicted octanol–water partition coefficient (Wildman–Crippen LogP) is 4.84. The summed E-state index contributed by atoms with van der Waals surface area (Å²) >= 11 is 0. The Morgan fingerprint density at radius 3 is 2.29 bits per heavy atom. The zero-order valence-corrected chi connectivity index (χ0v) is 26.9. The molecule has 3 atom stereocenters. The van der Waals surface area contributed by atoms with Gasteiger partial charge in [-0.1, -0.05) is 24.3 Å². The van der Waals surface area contributed by atoms with Crippen LogP contribution in [0.3, 0.4) is 0 Å². The van der Waals surface area contributed by atoms with E-state index in [4.69, 9.17) is 9.47 Å². The summed E-state index contributed by atoms with van der Waals surface area (Å²) in [4.78, 5) is 25.1. The van der Waals surface area contributed by atoms with Crippen LogP contribution in [0, 0.1) is 5.82 Å². The topological polar surface area (TPSA) is 117 Å². The first-order valence-electron chi connectivity index (χ1n) is 14.1. The third-order valence-corrected chi connectivity index (χ3v) is 7.54. The molecule has 2 unspecified atom stereocenters. The number of aliphatic hydroxyl groups is 1. The van der Waals surface area contributed by atoms with Crippen LogP contribution in [0.5, 0.6) is 5.75 Å². The number of nitrogens with one attached hydrogen (secondary N) is 2. The standard InChI is InChI=1S/C24H30FN3O5S.C10H12O/c1-5-6-16-11-17(13-20(12-16)28(2)34(4)32)23(30)26-15-21(29)14-22(33-3)24(31)27-19-9-7-18(25)8-10-19;1-3-5-9-6-4-7-10(8-9)11-2/h5,7-13,21-22,29H,1,6,14-15H2,2-4H3,(H,26,30)(H,27,31);3-4,6-8H,1,5H2,2H3/t21-,22?,34?;/m0./s1. The maximum atomic E-state index is 13.0. The van der Waals surface area contributed by atoms with Crippen LogP contribution in [0.25, 0.3) is 0 Å². The van der Waals surface area contributed by atoms with E-state index >= 15 is 0 Å². The van der Waals surface area contributed by atoms with Crippen LogP contribution >= 0.6 is 0 Å². The Labute approximate surface area is 267 Å². The molecule has 3 aromatic rings. The molecule has 0 aliphatic rings. The zero-order valence-electron chi connectivity index (χ0n) is 26.1. The van der Waals surface area contributed by atoms with Crippen LogP contribution in [0.15, 0.2) is 92.0 Å². The molecule has 0 saturated heterocycles. The molecule has 0 radical (unpaired) electrons. The maximum absolute atomic E-state index is 13.0. The molecule has 0 aliphatic carbocycles. The van der Waals surface area contributed by atoms with Crippen LogP contribution in [0.1, 0.15) is 27.9 Å². The number of benzene rings is 3. The lowest BCUT2D eigenvalue weighted by atomic mass is 10.1. The molecule has 3 aromatic carbocycles. The fraction of sp³-hybridized carbons (Fsp3) is 0.294. The summed E-state index contributed by atoms with van der Waals surface area (Å²) in [6.07, 6.45) is 4.45. The molecule has 0 aromatic heterocycles. The quantitative estimate of drug-likeness (QED) is 0.205. The number of carbonyl (C=O) groups excluding carboxylic acids is 2. The molecule has 0 spiro atoms. The summed E-state index contributed by atoms with van der Waals surface area (Å²) in [6, 6.07) is 18.4. The number of hydrogen-bond donors (Lipinski definition) is 3. The van der Waals surface area contributed by atoms with Gasteiger partial charge in [0, 0.05) is 50.3 Å². The fourth-order valence-corrected chi connectivity index (χ4v) is 4.50. The number of allylic oxidation sites excluding steroid dienone is 2. The van der Waals surface area contributed by atoms with Gasteiger partial charge in [-0.3, -0.25) is 13.9 Å². The van der Waals surface area contributed by atoms with Gasteiger partial charge in [0.15, 0.2) is 0 Å². The van der Waals surface area contributed by atoms with Gasteiger partial charge in [0.1, 0.15) is 28.7 Å². The highest BCUT2D eigenvalue weighted by atomic mass is 32.2. The van der Waals surface area contributed by atoms with Crippen LogP contribution < -0.4 is 19.7 Å². The number of hydrogen-bond acceptors (Lipinski definition) is 6. The van der Waals surface area contributed by atoms with Crippen molar-refractivity contribution in [2.45, 2.75) is 31.5 Å². The highest BCUT2D eigenvalue weighted by molar-refractivity contribution is 7.85. The highest BCUT2D eigenvalue weighted by Crippen LogP contribution is 2.20. The molecule has 45 heavy (non-hydrogen) atoms. The lowest BCUT2D eigenvalue weighted by molar-refractivity contribution is -0.127. The van der Waals surface area contributed by atoms with Gasteiger partial charge < -0.3 is 25.2 Å². The second-order valence-corrected chi connectivity index (χ2v) is 11.4. The minimum Gasteiger partial charge on any atom is -0.497 e. The minimum atomic E-state index is -1.27. The van der Waals surface area contributed by atoms with Gasteiger partial charge in [-0.25, -0.2) is 8.60 Å². The molecule has 0 aliphatic heterocycles. The van der Waals surface area contributed by atoms with Crippen molar-refractivity contribution in [2.24, 2.45) is 0 Å². The second-order valence-electron chi connectivity index (χ2n) is 9.97. The van der Waals surface area contributed by atoms with Crippen LogP contribution in [0.4, 0.5) is 15.8 Å². The predicted molar refractivity (Wildman–Crippen MR) is 178 cm³/mol. The van der Waals surface area contributed by atoms with Gasteiger partial charge in [-0.05, 0) is 78.6 Å². The van der Waals surface area contributed by atoms with Gasteiger partial charge in [-0.15, -0.1) is 13.2 Å². The number of rotatable bonds is 15. The van der Waals surface area contributed by atoms with Crippen molar-refractivity contribution < 1.29 is 32.8 Å². The van der Waals surface area contributed by atoms with Gasteiger partial charge >= 0.3 is 0 Å². The molecule has 11 heteroatoms. The summed E-state index contributed by atoms with van der Waals surface area (Å²) in [7, 11) is 3.40. The Hall–Kier alpha value is -4.32. The van der Waals surface area contributed by atoms with E-state index in [0.29, 0.717) is 23.4 Å². The van der Waals surface area contributed by atoms with E-state index < -0.39 is 40.8 Å². The summed E-state index contributed by atoms with van der Waals surface area (Å²) in [5.74, 6) is -0.448. The number of halogens is 1. The molecule has 3 rings (SSSR count). The number of ether oxygens (including phenoxy) is 2. The lowest BCUT2D eigenvalue weighted by Crippen LogP contribution is -2.38.